The Balaban J connectivity index is 2.35. The number of nitrogens with two attached hydrogens (primary N) is 1. The van der Waals surface area contributed by atoms with Crippen LogP contribution < -0.4 is 11.1 Å². The Morgan fingerprint density at radius 1 is 1.42 bits per heavy atom. The zero-order valence-electron chi connectivity index (χ0n) is 7.14. The van der Waals surface area contributed by atoms with Crippen LogP contribution in [0.15, 0.2) is 35.1 Å². The Morgan fingerprint density at radius 3 is 3.25 bits per heavy atom. The van der Waals surface area contributed by atoms with E-state index in [0.717, 1.165) is 31.6 Å². The molecular formula is C10H14N2. The van der Waals surface area contributed by atoms with Crippen molar-refractivity contribution >= 4 is 0 Å². The molecule has 0 spiro atoms. The molecule has 1 aliphatic carbocycles. The summed E-state index contributed by atoms with van der Waals surface area (Å²) in [6.45, 7) is 2.00. The molecule has 12 heavy (non-hydrogen) atoms. The molecule has 0 unspecified atom stereocenters. The van der Waals surface area contributed by atoms with Crippen LogP contribution in [0.1, 0.15) is 12.8 Å². The molecule has 2 heteroatoms. The quantitative estimate of drug-likeness (QED) is 0.559. The molecule has 0 saturated heterocycles. The van der Waals surface area contributed by atoms with Crippen molar-refractivity contribution in [2.45, 2.75) is 12.8 Å². The van der Waals surface area contributed by atoms with Gasteiger partial charge >= 0.3 is 0 Å². The number of nitrogens with one attached hydrogen (secondary N) is 1. The maximum atomic E-state index is 5.91. The van der Waals surface area contributed by atoms with Crippen molar-refractivity contribution in [2.75, 3.05) is 13.1 Å². The molecule has 0 saturated carbocycles. The SMILES string of the molecule is NC1=C2CNCCC=C2C=CC1. The highest BCUT2D eigenvalue weighted by Crippen LogP contribution is 2.22. The maximum Gasteiger partial charge on any atom is 0.0228 e. The maximum absolute atomic E-state index is 5.91. The smallest absolute Gasteiger partial charge is 0.0228 e. The molecule has 64 valence electrons. The minimum absolute atomic E-state index is 0.911. The number of hydrogen-bond donors (Lipinski definition) is 2. The van der Waals surface area contributed by atoms with E-state index >= 15 is 0 Å². The van der Waals surface area contributed by atoms with Gasteiger partial charge in [-0.15, -0.1) is 0 Å². The zero-order chi connectivity index (χ0) is 8.39. The lowest BCUT2D eigenvalue weighted by Gasteiger charge is -2.14. The average Bonchev–Trinajstić information content (AvgIpc) is 2.30. The molecule has 0 radical (unpaired) electrons. The second-order valence-electron chi connectivity index (χ2n) is 3.24. The van der Waals surface area contributed by atoms with E-state index in [0.29, 0.717) is 0 Å². The Kier molecular flexibility index (Phi) is 2.00. The molecule has 0 atom stereocenters. The third-order valence-electron chi connectivity index (χ3n) is 2.36. The van der Waals surface area contributed by atoms with Gasteiger partial charge in [0.05, 0.1) is 0 Å². The van der Waals surface area contributed by atoms with Gasteiger partial charge in [0.1, 0.15) is 0 Å². The lowest BCUT2D eigenvalue weighted by molar-refractivity contribution is 0.752. The van der Waals surface area contributed by atoms with E-state index in [1.165, 1.54) is 11.1 Å². The second kappa shape index (κ2) is 3.15. The lowest BCUT2D eigenvalue weighted by atomic mass is 9.97. The molecular weight excluding hydrogens is 148 g/mol. The van der Waals surface area contributed by atoms with Gasteiger partial charge in [0, 0.05) is 18.7 Å². The number of hydrogen-bond acceptors (Lipinski definition) is 2. The van der Waals surface area contributed by atoms with Gasteiger partial charge < -0.3 is 11.1 Å². The number of allylic oxidation sites excluding steroid dienone is 2. The minimum Gasteiger partial charge on any atom is -0.402 e. The summed E-state index contributed by atoms with van der Waals surface area (Å²) in [5.74, 6) is 0. The van der Waals surface area contributed by atoms with Crippen LogP contribution in [0.3, 0.4) is 0 Å². The van der Waals surface area contributed by atoms with E-state index in [1.807, 2.05) is 0 Å². The van der Waals surface area contributed by atoms with Gasteiger partial charge in [-0.1, -0.05) is 18.2 Å². The van der Waals surface area contributed by atoms with Gasteiger partial charge in [-0.25, -0.2) is 0 Å². The van der Waals surface area contributed by atoms with Crippen molar-refractivity contribution in [1.82, 2.24) is 5.32 Å². The summed E-state index contributed by atoms with van der Waals surface area (Å²) in [5, 5.41) is 3.35. The van der Waals surface area contributed by atoms with Crippen molar-refractivity contribution in [3.63, 3.8) is 0 Å². The summed E-state index contributed by atoms with van der Waals surface area (Å²) in [5.41, 5.74) is 9.56. The molecule has 2 aliphatic rings. The number of rotatable bonds is 0. The highest BCUT2D eigenvalue weighted by molar-refractivity contribution is 5.47. The molecule has 0 aromatic rings. The third kappa shape index (κ3) is 1.30. The van der Waals surface area contributed by atoms with Crippen LogP contribution in [-0.4, -0.2) is 13.1 Å². The summed E-state index contributed by atoms with van der Waals surface area (Å²) in [6, 6.07) is 0. The fourth-order valence-corrected chi connectivity index (χ4v) is 1.67. The van der Waals surface area contributed by atoms with Crippen LogP contribution in [-0.2, 0) is 0 Å². The topological polar surface area (TPSA) is 38.0 Å². The van der Waals surface area contributed by atoms with Gasteiger partial charge in [0.25, 0.3) is 0 Å². The van der Waals surface area contributed by atoms with Gasteiger partial charge in [0.2, 0.25) is 0 Å². The van der Waals surface area contributed by atoms with E-state index in [9.17, 15) is 0 Å². The molecule has 0 amide bonds. The Labute approximate surface area is 72.8 Å². The highest BCUT2D eigenvalue weighted by Gasteiger charge is 2.12. The van der Waals surface area contributed by atoms with Gasteiger partial charge in [0.15, 0.2) is 0 Å². The molecule has 0 aromatic carbocycles. The third-order valence-corrected chi connectivity index (χ3v) is 2.36. The summed E-state index contributed by atoms with van der Waals surface area (Å²) in [6.07, 6.45) is 8.59. The molecule has 2 nitrogen and oxygen atoms in total. The predicted octanol–water partition coefficient (Wildman–Crippen LogP) is 1.08. The number of fused-ring (bicyclic) bond motifs is 1. The monoisotopic (exact) mass is 162 g/mol. The normalized spacial score (nSPS) is 23.2. The molecule has 0 aromatic heterocycles. The van der Waals surface area contributed by atoms with Crippen molar-refractivity contribution in [1.29, 1.82) is 0 Å². The van der Waals surface area contributed by atoms with Crippen molar-refractivity contribution < 1.29 is 0 Å². The van der Waals surface area contributed by atoms with Crippen LogP contribution in [0.4, 0.5) is 0 Å². The van der Waals surface area contributed by atoms with Crippen molar-refractivity contribution in [3.8, 4) is 0 Å². The summed E-state index contributed by atoms with van der Waals surface area (Å²) in [7, 11) is 0. The van der Waals surface area contributed by atoms with Crippen LogP contribution >= 0.6 is 0 Å². The first-order chi connectivity index (χ1) is 5.88. The molecule has 1 heterocycles. The molecule has 3 N–H and O–H groups in total. The van der Waals surface area contributed by atoms with Crippen LogP contribution in [0.25, 0.3) is 0 Å². The second-order valence-corrected chi connectivity index (χ2v) is 3.24. The first kappa shape index (κ1) is 7.62. The van der Waals surface area contributed by atoms with Crippen LogP contribution in [0, 0.1) is 0 Å². The average molecular weight is 162 g/mol. The fraction of sp³-hybridized carbons (Fsp3) is 0.400. The summed E-state index contributed by atoms with van der Waals surface area (Å²) in [4.78, 5) is 0. The molecule has 0 bridgehead atoms. The van der Waals surface area contributed by atoms with Crippen molar-refractivity contribution in [2.24, 2.45) is 5.73 Å². The Morgan fingerprint density at radius 2 is 2.33 bits per heavy atom. The Hall–Kier alpha value is -1.02. The fourth-order valence-electron chi connectivity index (χ4n) is 1.67. The Bertz CT molecular complexity index is 272. The standard InChI is InChI=1S/C10H14N2/c11-10-5-1-3-8-4-2-6-12-7-9(8)10/h1,3-4,12H,2,5-7,11H2. The zero-order valence-corrected chi connectivity index (χ0v) is 7.14. The van der Waals surface area contributed by atoms with E-state index in [1.54, 1.807) is 0 Å². The first-order valence-corrected chi connectivity index (χ1v) is 4.43. The van der Waals surface area contributed by atoms with E-state index in [-0.39, 0.29) is 0 Å². The minimum atomic E-state index is 0.911. The van der Waals surface area contributed by atoms with Gasteiger partial charge in [-0.3, -0.25) is 0 Å². The van der Waals surface area contributed by atoms with E-state index in [4.69, 9.17) is 5.73 Å². The van der Waals surface area contributed by atoms with Gasteiger partial charge in [-0.2, -0.15) is 0 Å². The van der Waals surface area contributed by atoms with E-state index < -0.39 is 0 Å². The summed E-state index contributed by atoms with van der Waals surface area (Å²) >= 11 is 0. The lowest BCUT2D eigenvalue weighted by Crippen LogP contribution is -2.19. The molecule has 2 rings (SSSR count). The molecule has 0 fully saturated rings. The van der Waals surface area contributed by atoms with Crippen molar-refractivity contribution in [3.05, 3.63) is 35.1 Å². The van der Waals surface area contributed by atoms with Crippen LogP contribution in [0.2, 0.25) is 0 Å². The largest absolute Gasteiger partial charge is 0.402 e. The first-order valence-electron chi connectivity index (χ1n) is 4.43. The predicted molar refractivity (Wildman–Crippen MR) is 50.5 cm³/mol. The molecule has 1 aliphatic heterocycles. The summed E-state index contributed by atoms with van der Waals surface area (Å²) < 4.78 is 0. The highest BCUT2D eigenvalue weighted by atomic mass is 14.9. The van der Waals surface area contributed by atoms with Crippen LogP contribution in [0.5, 0.6) is 0 Å². The van der Waals surface area contributed by atoms with E-state index in [2.05, 4.69) is 23.5 Å². The van der Waals surface area contributed by atoms with Gasteiger partial charge in [-0.05, 0) is 24.1 Å².